The van der Waals surface area contributed by atoms with E-state index >= 15 is 0 Å². The van der Waals surface area contributed by atoms with Crippen molar-refractivity contribution in [3.05, 3.63) is 95.1 Å². The number of hydrogen-bond acceptors (Lipinski definition) is 5. The largest absolute Gasteiger partial charge is 0.384 e. The Bertz CT molecular complexity index is 1720. The van der Waals surface area contributed by atoms with Crippen molar-refractivity contribution in [2.45, 2.75) is 77.5 Å². The molecule has 0 saturated heterocycles. The van der Waals surface area contributed by atoms with Gasteiger partial charge in [-0.2, -0.15) is 8.42 Å². The van der Waals surface area contributed by atoms with Crippen molar-refractivity contribution in [3.8, 4) is 0 Å². The van der Waals surface area contributed by atoms with Gasteiger partial charge in [-0.05, 0) is 123 Å². The zero-order valence-electron chi connectivity index (χ0n) is 28.2. The first-order valence-electron chi connectivity index (χ1n) is 17.2. The predicted molar refractivity (Wildman–Crippen MR) is 195 cm³/mol. The van der Waals surface area contributed by atoms with Gasteiger partial charge in [0.15, 0.2) is 0 Å². The Kier molecular flexibility index (Phi) is 11.0. The first-order chi connectivity index (χ1) is 22.2. The molecule has 0 bridgehead atoms. The van der Waals surface area contributed by atoms with Crippen molar-refractivity contribution in [2.75, 3.05) is 47.8 Å². The Balaban J connectivity index is 1.68. The van der Waals surface area contributed by atoms with E-state index in [1.54, 1.807) is 6.07 Å². The molecule has 5 rings (SSSR count). The van der Waals surface area contributed by atoms with Gasteiger partial charge in [-0.3, -0.25) is 4.55 Å². The van der Waals surface area contributed by atoms with Crippen LogP contribution in [0.25, 0.3) is 10.8 Å². The van der Waals surface area contributed by atoms with Crippen LogP contribution in [0.3, 0.4) is 0 Å². The van der Waals surface area contributed by atoms with E-state index in [9.17, 15) is 13.0 Å². The molecular formula is C39H51N3O3S. The summed E-state index contributed by atoms with van der Waals surface area (Å²) in [4.78, 5) is 4.63. The molecule has 1 unspecified atom stereocenters. The summed E-state index contributed by atoms with van der Waals surface area (Å²) in [5.41, 5.74) is 8.03. The van der Waals surface area contributed by atoms with E-state index in [2.05, 4.69) is 104 Å². The van der Waals surface area contributed by atoms with E-state index in [1.807, 2.05) is 6.07 Å². The average molecular weight is 642 g/mol. The zero-order valence-corrected chi connectivity index (χ0v) is 29.0. The predicted octanol–water partition coefficient (Wildman–Crippen LogP) is 9.26. The maximum Gasteiger partial charge on any atom is 0.294 e. The molecule has 1 aliphatic rings. The van der Waals surface area contributed by atoms with Crippen molar-refractivity contribution in [1.29, 1.82) is 0 Å². The van der Waals surface area contributed by atoms with Gasteiger partial charge >= 0.3 is 0 Å². The molecule has 7 heteroatoms. The zero-order chi connectivity index (χ0) is 32.8. The molecule has 0 aliphatic heterocycles. The fourth-order valence-corrected chi connectivity index (χ4v) is 7.83. The van der Waals surface area contributed by atoms with Gasteiger partial charge in [0.1, 0.15) is 0 Å². The van der Waals surface area contributed by atoms with Crippen LogP contribution < -0.4 is 15.1 Å². The van der Waals surface area contributed by atoms with Crippen LogP contribution in [-0.4, -0.2) is 45.7 Å². The van der Waals surface area contributed by atoms with Gasteiger partial charge in [0.25, 0.3) is 10.1 Å². The Morgan fingerprint density at radius 2 is 1.35 bits per heavy atom. The summed E-state index contributed by atoms with van der Waals surface area (Å²) < 4.78 is 34.6. The summed E-state index contributed by atoms with van der Waals surface area (Å²) in [7, 11) is -4.36. The molecule has 4 aromatic carbocycles. The molecule has 246 valence electrons. The molecule has 2 N–H and O–H groups in total. The highest BCUT2D eigenvalue weighted by molar-refractivity contribution is 7.85. The standard InChI is InChI=1S/C39H51N3O3S/c1-6-41(7-2)31-17-15-30(16-18-31)39(34-21-19-32(25-28(34)5)42(8-3)9-4)36-23-24-38(40-27-29-13-11-10-12-14-29)37-26-33(46(43,44)45)20-22-35(36)37/h15-26,29,39-40H,6-14,27H2,1-5H3,(H,43,44,45). The third-order valence-corrected chi connectivity index (χ3v) is 10.8. The number of benzene rings is 4. The van der Waals surface area contributed by atoms with Gasteiger partial charge in [-0.15, -0.1) is 0 Å². The van der Waals surface area contributed by atoms with Crippen LogP contribution in [-0.2, 0) is 10.1 Å². The summed E-state index contributed by atoms with van der Waals surface area (Å²) in [5, 5.41) is 5.46. The molecule has 4 aromatic rings. The van der Waals surface area contributed by atoms with Crippen LogP contribution in [0.1, 0.15) is 88.0 Å². The van der Waals surface area contributed by atoms with Crippen LogP contribution in [0.5, 0.6) is 0 Å². The quantitative estimate of drug-likeness (QED) is 0.112. The van der Waals surface area contributed by atoms with Gasteiger partial charge in [0.2, 0.25) is 0 Å². The molecule has 1 atom stereocenters. The van der Waals surface area contributed by atoms with Crippen molar-refractivity contribution in [1.82, 2.24) is 0 Å². The van der Waals surface area contributed by atoms with Gasteiger partial charge in [0, 0.05) is 61.1 Å². The van der Waals surface area contributed by atoms with E-state index in [0.717, 1.165) is 54.7 Å². The second-order valence-corrected chi connectivity index (χ2v) is 14.1. The van der Waals surface area contributed by atoms with Gasteiger partial charge in [0.05, 0.1) is 4.90 Å². The molecule has 1 aliphatic carbocycles. The van der Waals surface area contributed by atoms with E-state index in [1.165, 1.54) is 66.2 Å². The van der Waals surface area contributed by atoms with Crippen LogP contribution in [0.15, 0.2) is 77.7 Å². The molecule has 6 nitrogen and oxygen atoms in total. The summed E-state index contributed by atoms with van der Waals surface area (Å²) in [6.45, 7) is 15.6. The molecule has 0 spiro atoms. The molecule has 46 heavy (non-hydrogen) atoms. The van der Waals surface area contributed by atoms with Gasteiger partial charge in [-0.25, -0.2) is 0 Å². The number of fused-ring (bicyclic) bond motifs is 1. The minimum absolute atomic E-state index is 0.0806. The molecule has 0 aromatic heterocycles. The number of aryl methyl sites for hydroxylation is 1. The van der Waals surface area contributed by atoms with Crippen LogP contribution in [0, 0.1) is 12.8 Å². The summed E-state index contributed by atoms with van der Waals surface area (Å²) in [5.74, 6) is 0.528. The second kappa shape index (κ2) is 14.9. The fraction of sp³-hybridized carbons (Fsp3) is 0.436. The topological polar surface area (TPSA) is 72.9 Å². The van der Waals surface area contributed by atoms with Crippen LogP contribution in [0.4, 0.5) is 17.1 Å². The van der Waals surface area contributed by atoms with Gasteiger partial charge in [-0.1, -0.05) is 49.6 Å². The highest BCUT2D eigenvalue weighted by Gasteiger charge is 2.24. The van der Waals surface area contributed by atoms with Crippen molar-refractivity contribution in [3.63, 3.8) is 0 Å². The highest BCUT2D eigenvalue weighted by atomic mass is 32.2. The Hall–Kier alpha value is -3.55. The third-order valence-electron chi connectivity index (χ3n) is 9.98. The minimum atomic E-state index is -4.36. The van der Waals surface area contributed by atoms with E-state index in [4.69, 9.17) is 0 Å². The number of anilines is 3. The van der Waals surface area contributed by atoms with Crippen molar-refractivity contribution in [2.24, 2.45) is 5.92 Å². The molecule has 1 saturated carbocycles. The average Bonchev–Trinajstić information content (AvgIpc) is 3.06. The van der Waals surface area contributed by atoms with Gasteiger partial charge < -0.3 is 15.1 Å². The monoisotopic (exact) mass is 641 g/mol. The lowest BCUT2D eigenvalue weighted by atomic mass is 9.80. The number of rotatable bonds is 13. The minimum Gasteiger partial charge on any atom is -0.384 e. The van der Waals surface area contributed by atoms with Crippen LogP contribution in [0.2, 0.25) is 0 Å². The first kappa shape index (κ1) is 33.8. The number of nitrogens with one attached hydrogen (secondary N) is 1. The SMILES string of the molecule is CCN(CC)c1ccc(C(c2ccc(N(CC)CC)cc2C)c2ccc(NCC3CCCCC3)c3cc(S(=O)(=O)O)ccc23)cc1. The summed E-state index contributed by atoms with van der Waals surface area (Å²) in [6.07, 6.45) is 6.26. The second-order valence-electron chi connectivity index (χ2n) is 12.7. The van der Waals surface area contributed by atoms with E-state index < -0.39 is 10.1 Å². The maximum atomic E-state index is 12.3. The van der Waals surface area contributed by atoms with E-state index in [-0.39, 0.29) is 10.8 Å². The first-order valence-corrected chi connectivity index (χ1v) is 18.6. The van der Waals surface area contributed by atoms with E-state index in [0.29, 0.717) is 5.92 Å². The Labute approximate surface area is 276 Å². The van der Waals surface area contributed by atoms with Crippen molar-refractivity contribution < 1.29 is 13.0 Å². The summed E-state index contributed by atoms with van der Waals surface area (Å²) >= 11 is 0. The molecule has 0 amide bonds. The van der Waals surface area contributed by atoms with Crippen LogP contribution >= 0.6 is 0 Å². The van der Waals surface area contributed by atoms with Crippen molar-refractivity contribution >= 4 is 38.0 Å². The normalized spacial score (nSPS) is 14.7. The highest BCUT2D eigenvalue weighted by Crippen LogP contribution is 2.41. The Morgan fingerprint density at radius 3 is 1.96 bits per heavy atom. The molecule has 0 radical (unpaired) electrons. The Morgan fingerprint density at radius 1 is 0.739 bits per heavy atom. The molecular weight excluding hydrogens is 591 g/mol. The lowest BCUT2D eigenvalue weighted by Crippen LogP contribution is -2.22. The number of nitrogens with zero attached hydrogens (tertiary/aromatic N) is 2. The number of hydrogen-bond donors (Lipinski definition) is 2. The summed E-state index contributed by atoms with van der Waals surface area (Å²) in [6, 6.07) is 25.0. The lowest BCUT2D eigenvalue weighted by Gasteiger charge is -2.27. The third kappa shape index (κ3) is 7.37. The maximum absolute atomic E-state index is 12.3. The molecule has 0 heterocycles. The lowest BCUT2D eigenvalue weighted by molar-refractivity contribution is 0.373. The smallest absolute Gasteiger partial charge is 0.294 e. The fourth-order valence-electron chi connectivity index (χ4n) is 7.32. The molecule has 1 fully saturated rings.